The molecule has 0 radical (unpaired) electrons. The van der Waals surface area contributed by atoms with E-state index in [1.165, 1.54) is 6.07 Å². The predicted molar refractivity (Wildman–Crippen MR) is 83.6 cm³/mol. The minimum atomic E-state index is -4.43. The third-order valence-electron chi connectivity index (χ3n) is 3.85. The van der Waals surface area contributed by atoms with Gasteiger partial charge >= 0.3 is 6.18 Å². The smallest absolute Gasteiger partial charge is 0.417 e. The Kier molecular flexibility index (Phi) is 3.93. The molecular weight excluding hydrogens is 305 g/mol. The summed E-state index contributed by atoms with van der Waals surface area (Å²) < 4.78 is 46.0. The van der Waals surface area contributed by atoms with E-state index in [-0.39, 0.29) is 11.7 Å². The molecule has 0 saturated carbocycles. The van der Waals surface area contributed by atoms with E-state index < -0.39 is 11.7 Å². The first-order chi connectivity index (χ1) is 10.9. The highest BCUT2D eigenvalue weighted by Crippen LogP contribution is 2.44. The van der Waals surface area contributed by atoms with Crippen LogP contribution in [0.15, 0.2) is 36.4 Å². The van der Waals surface area contributed by atoms with Crippen molar-refractivity contribution in [3.8, 4) is 16.9 Å². The molecule has 0 aliphatic carbocycles. The van der Waals surface area contributed by atoms with Crippen molar-refractivity contribution in [1.82, 2.24) is 0 Å². The van der Waals surface area contributed by atoms with Crippen molar-refractivity contribution in [2.24, 2.45) is 5.73 Å². The second-order valence-corrected chi connectivity index (χ2v) is 5.59. The van der Waals surface area contributed by atoms with E-state index in [0.717, 1.165) is 6.07 Å². The van der Waals surface area contributed by atoms with Crippen LogP contribution >= 0.6 is 0 Å². The van der Waals surface area contributed by atoms with E-state index in [4.69, 9.17) is 10.5 Å². The first-order valence-corrected chi connectivity index (χ1v) is 7.32. The van der Waals surface area contributed by atoms with E-state index in [1.807, 2.05) is 0 Å². The number of nitrogens with two attached hydrogens (primary N) is 1. The third-order valence-corrected chi connectivity index (χ3v) is 3.85. The van der Waals surface area contributed by atoms with E-state index in [2.05, 4.69) is 5.32 Å². The Bertz CT molecular complexity index is 728. The summed E-state index contributed by atoms with van der Waals surface area (Å²) in [7, 11) is 0. The maximum absolute atomic E-state index is 13.4. The SMILES string of the molecule is Cc1ccc(-c2cccc3c2O[C@H](CN)CN3)c(C(F)(F)F)c1. The molecule has 0 unspecified atom stereocenters. The van der Waals surface area contributed by atoms with Gasteiger partial charge in [0.05, 0.1) is 17.8 Å². The molecule has 2 aromatic carbocycles. The van der Waals surface area contributed by atoms with Gasteiger partial charge in [0, 0.05) is 12.1 Å². The number of hydrogen-bond acceptors (Lipinski definition) is 3. The summed E-state index contributed by atoms with van der Waals surface area (Å²) in [6.45, 7) is 2.47. The lowest BCUT2D eigenvalue weighted by molar-refractivity contribution is -0.137. The van der Waals surface area contributed by atoms with Crippen LogP contribution in [0, 0.1) is 6.92 Å². The average molecular weight is 322 g/mol. The van der Waals surface area contributed by atoms with E-state index in [1.54, 1.807) is 31.2 Å². The van der Waals surface area contributed by atoms with Crippen molar-refractivity contribution in [3.63, 3.8) is 0 Å². The molecule has 0 saturated heterocycles. The summed E-state index contributed by atoms with van der Waals surface area (Å²) in [6, 6.07) is 9.45. The third kappa shape index (κ3) is 2.99. The molecule has 122 valence electrons. The molecule has 1 heterocycles. The van der Waals surface area contributed by atoms with Crippen LogP contribution < -0.4 is 15.8 Å². The maximum Gasteiger partial charge on any atom is 0.417 e. The molecule has 6 heteroatoms. The molecule has 0 bridgehead atoms. The van der Waals surface area contributed by atoms with Crippen LogP contribution in [0.5, 0.6) is 5.75 Å². The number of nitrogens with one attached hydrogen (secondary N) is 1. The zero-order valence-electron chi connectivity index (χ0n) is 12.6. The Morgan fingerprint density at radius 3 is 2.70 bits per heavy atom. The summed E-state index contributed by atoms with van der Waals surface area (Å²) in [5, 5.41) is 3.16. The van der Waals surface area contributed by atoms with Crippen LogP contribution in [0.1, 0.15) is 11.1 Å². The second-order valence-electron chi connectivity index (χ2n) is 5.59. The molecule has 2 aromatic rings. The lowest BCUT2D eigenvalue weighted by atomic mass is 9.95. The number of rotatable bonds is 2. The number of alkyl halides is 3. The monoisotopic (exact) mass is 322 g/mol. The van der Waals surface area contributed by atoms with Crippen molar-refractivity contribution < 1.29 is 17.9 Å². The van der Waals surface area contributed by atoms with Crippen LogP contribution in [0.2, 0.25) is 0 Å². The van der Waals surface area contributed by atoms with Gasteiger partial charge in [0.1, 0.15) is 6.10 Å². The molecule has 0 amide bonds. The largest absolute Gasteiger partial charge is 0.484 e. The molecule has 3 rings (SSSR count). The Balaban J connectivity index is 2.17. The number of anilines is 1. The van der Waals surface area contributed by atoms with Gasteiger partial charge in [-0.3, -0.25) is 0 Å². The van der Waals surface area contributed by atoms with Crippen molar-refractivity contribution in [2.75, 3.05) is 18.4 Å². The van der Waals surface area contributed by atoms with Gasteiger partial charge in [0.2, 0.25) is 0 Å². The van der Waals surface area contributed by atoms with Crippen LogP contribution in [0.25, 0.3) is 11.1 Å². The van der Waals surface area contributed by atoms with Gasteiger partial charge in [0.25, 0.3) is 0 Å². The number of halogens is 3. The Labute approximate surface area is 132 Å². The van der Waals surface area contributed by atoms with Crippen LogP contribution in [0.3, 0.4) is 0 Å². The molecular formula is C17H17F3N2O. The second kappa shape index (κ2) is 5.77. The van der Waals surface area contributed by atoms with Gasteiger partial charge in [-0.15, -0.1) is 0 Å². The summed E-state index contributed by atoms with van der Waals surface area (Å²) in [6.07, 6.45) is -4.69. The highest BCUT2D eigenvalue weighted by atomic mass is 19.4. The van der Waals surface area contributed by atoms with Crippen LogP contribution in [0.4, 0.5) is 18.9 Å². The zero-order valence-corrected chi connectivity index (χ0v) is 12.6. The summed E-state index contributed by atoms with van der Waals surface area (Å²) >= 11 is 0. The van der Waals surface area contributed by atoms with Gasteiger partial charge in [-0.1, -0.05) is 29.8 Å². The molecule has 0 spiro atoms. The van der Waals surface area contributed by atoms with Gasteiger partial charge in [-0.25, -0.2) is 0 Å². The first kappa shape index (κ1) is 15.7. The molecule has 3 N–H and O–H groups in total. The van der Waals surface area contributed by atoms with E-state index in [9.17, 15) is 13.2 Å². The number of hydrogen-bond donors (Lipinski definition) is 2. The molecule has 23 heavy (non-hydrogen) atoms. The summed E-state index contributed by atoms with van der Waals surface area (Å²) in [5.41, 5.74) is 6.73. The van der Waals surface area contributed by atoms with E-state index >= 15 is 0 Å². The fourth-order valence-corrected chi connectivity index (χ4v) is 2.71. The Hall–Kier alpha value is -2.21. The summed E-state index contributed by atoms with van der Waals surface area (Å²) in [5.74, 6) is 0.420. The van der Waals surface area contributed by atoms with Crippen molar-refractivity contribution in [2.45, 2.75) is 19.2 Å². The number of fused-ring (bicyclic) bond motifs is 1. The standard InChI is InChI=1S/C17H17F3N2O/c1-10-5-6-12(14(7-10)17(18,19)20)13-3-2-4-15-16(13)23-11(8-21)9-22-15/h2-7,11,22H,8-9,21H2,1H3/t11-/m1/s1. The van der Waals surface area contributed by atoms with Crippen molar-refractivity contribution in [3.05, 3.63) is 47.5 Å². The lowest BCUT2D eigenvalue weighted by Gasteiger charge is -2.29. The summed E-state index contributed by atoms with van der Waals surface area (Å²) in [4.78, 5) is 0. The number of para-hydroxylation sites is 1. The fourth-order valence-electron chi connectivity index (χ4n) is 2.71. The highest BCUT2D eigenvalue weighted by molar-refractivity contribution is 5.81. The van der Waals surface area contributed by atoms with E-state index in [0.29, 0.717) is 35.7 Å². The topological polar surface area (TPSA) is 47.3 Å². The average Bonchev–Trinajstić information content (AvgIpc) is 2.53. The lowest BCUT2D eigenvalue weighted by Crippen LogP contribution is -2.37. The van der Waals surface area contributed by atoms with Gasteiger partial charge < -0.3 is 15.8 Å². The number of ether oxygens (including phenoxy) is 1. The quantitative estimate of drug-likeness (QED) is 0.884. The normalized spacial score (nSPS) is 17.2. The fraction of sp³-hybridized carbons (Fsp3) is 0.294. The molecule has 3 nitrogen and oxygen atoms in total. The van der Waals surface area contributed by atoms with Gasteiger partial charge in [-0.05, 0) is 24.6 Å². The van der Waals surface area contributed by atoms with Crippen LogP contribution in [-0.2, 0) is 6.18 Å². The highest BCUT2D eigenvalue weighted by Gasteiger charge is 2.35. The van der Waals surface area contributed by atoms with Crippen LogP contribution in [-0.4, -0.2) is 19.2 Å². The maximum atomic E-state index is 13.4. The molecule has 1 aliphatic rings. The van der Waals surface area contributed by atoms with Gasteiger partial charge in [0.15, 0.2) is 5.75 Å². The molecule has 0 aromatic heterocycles. The van der Waals surface area contributed by atoms with Gasteiger partial charge in [-0.2, -0.15) is 13.2 Å². The minimum Gasteiger partial charge on any atom is -0.484 e. The minimum absolute atomic E-state index is 0.111. The Morgan fingerprint density at radius 2 is 2.00 bits per heavy atom. The molecule has 1 aliphatic heterocycles. The Morgan fingerprint density at radius 1 is 1.22 bits per heavy atom. The predicted octanol–water partition coefficient (Wildman–Crippen LogP) is 3.81. The molecule has 1 atom stereocenters. The first-order valence-electron chi connectivity index (χ1n) is 7.32. The number of aryl methyl sites for hydroxylation is 1. The molecule has 0 fully saturated rings. The van der Waals surface area contributed by atoms with Crippen molar-refractivity contribution in [1.29, 1.82) is 0 Å². The zero-order chi connectivity index (χ0) is 16.6. The number of benzene rings is 2. The van der Waals surface area contributed by atoms with Crippen molar-refractivity contribution >= 4 is 5.69 Å².